The Morgan fingerprint density at radius 3 is 2.46 bits per heavy atom. The van der Waals surface area contributed by atoms with Gasteiger partial charge in [0.2, 0.25) is 0 Å². The third kappa shape index (κ3) is 1.90. The molecule has 4 aliphatic carbocycles. The molecule has 4 saturated carbocycles. The summed E-state index contributed by atoms with van der Waals surface area (Å²) in [5, 5.41) is 10.9. The van der Waals surface area contributed by atoms with Crippen molar-refractivity contribution in [3.8, 4) is 0 Å². The first-order valence-electron chi connectivity index (χ1n) is 12.0. The van der Waals surface area contributed by atoms with E-state index in [4.69, 9.17) is 4.74 Å². The SMILES string of the molecule is CC1CCC2(C)C(C)(CCC3C45CCCC4(CCC32C(=O)O)C(C)COC5)C1. The number of fused-ring (bicyclic) bond motifs is 3. The Morgan fingerprint density at radius 2 is 1.71 bits per heavy atom. The third-order valence-corrected chi connectivity index (χ3v) is 11.8. The van der Waals surface area contributed by atoms with Gasteiger partial charge in [-0.05, 0) is 85.4 Å². The largest absolute Gasteiger partial charge is 0.481 e. The number of carbonyl (C=O) groups is 1. The molecule has 3 nitrogen and oxygen atoms in total. The summed E-state index contributed by atoms with van der Waals surface area (Å²) in [6.07, 6.45) is 11.6. The molecule has 1 heterocycles. The standard InChI is InChI=1S/C25H40O3/c1-17-6-11-22(4)21(3,14-17)10-7-19-24-9-5-8-23(24,18(2)15-28-16-24)12-13-25(19,22)20(26)27/h17-19H,5-16H2,1-4H3,(H,26,27). The monoisotopic (exact) mass is 388 g/mol. The predicted molar refractivity (Wildman–Crippen MR) is 110 cm³/mol. The van der Waals surface area contributed by atoms with Crippen molar-refractivity contribution in [2.24, 2.45) is 44.8 Å². The van der Waals surface area contributed by atoms with E-state index in [9.17, 15) is 9.90 Å². The Morgan fingerprint density at radius 1 is 0.964 bits per heavy atom. The van der Waals surface area contributed by atoms with Crippen LogP contribution < -0.4 is 0 Å². The van der Waals surface area contributed by atoms with Gasteiger partial charge in [0.1, 0.15) is 0 Å². The van der Waals surface area contributed by atoms with Gasteiger partial charge in [-0.25, -0.2) is 0 Å². The zero-order chi connectivity index (χ0) is 20.0. The van der Waals surface area contributed by atoms with E-state index in [0.717, 1.165) is 44.8 Å². The molecule has 0 amide bonds. The topological polar surface area (TPSA) is 46.5 Å². The molecule has 1 saturated heterocycles. The fourth-order valence-corrected chi connectivity index (χ4v) is 10.3. The molecule has 5 aliphatic rings. The third-order valence-electron chi connectivity index (χ3n) is 11.8. The van der Waals surface area contributed by atoms with Crippen LogP contribution in [-0.2, 0) is 9.53 Å². The Kier molecular flexibility index (Phi) is 4.00. The number of rotatable bonds is 1. The van der Waals surface area contributed by atoms with Gasteiger partial charge in [-0.3, -0.25) is 4.79 Å². The van der Waals surface area contributed by atoms with Gasteiger partial charge in [0.15, 0.2) is 0 Å². The molecular formula is C25H40O3. The van der Waals surface area contributed by atoms with Crippen LogP contribution in [0.4, 0.5) is 0 Å². The highest BCUT2D eigenvalue weighted by atomic mass is 16.5. The summed E-state index contributed by atoms with van der Waals surface area (Å²) in [5.41, 5.74) is -0.0502. The van der Waals surface area contributed by atoms with Crippen LogP contribution in [0.3, 0.4) is 0 Å². The van der Waals surface area contributed by atoms with E-state index in [1.54, 1.807) is 0 Å². The summed E-state index contributed by atoms with van der Waals surface area (Å²) in [7, 11) is 0. The van der Waals surface area contributed by atoms with Crippen LogP contribution in [0.1, 0.15) is 91.9 Å². The molecule has 0 aromatic rings. The molecule has 1 aliphatic heterocycles. The molecule has 8 atom stereocenters. The van der Waals surface area contributed by atoms with Gasteiger partial charge < -0.3 is 9.84 Å². The summed E-state index contributed by atoms with van der Waals surface area (Å²) in [6, 6.07) is 0. The zero-order valence-corrected chi connectivity index (χ0v) is 18.5. The summed E-state index contributed by atoms with van der Waals surface area (Å²) in [5.74, 6) is 1.12. The molecule has 0 spiro atoms. The van der Waals surface area contributed by atoms with Gasteiger partial charge in [0, 0.05) is 12.0 Å². The maximum atomic E-state index is 13.3. The van der Waals surface area contributed by atoms with Crippen molar-refractivity contribution in [2.75, 3.05) is 13.2 Å². The predicted octanol–water partition coefficient (Wildman–Crippen LogP) is 5.92. The van der Waals surface area contributed by atoms with E-state index in [1.165, 1.54) is 38.5 Å². The van der Waals surface area contributed by atoms with Crippen LogP contribution in [0.2, 0.25) is 0 Å². The van der Waals surface area contributed by atoms with Gasteiger partial charge in [-0.15, -0.1) is 0 Å². The van der Waals surface area contributed by atoms with E-state index in [1.807, 2.05) is 0 Å². The number of carboxylic acids is 1. The van der Waals surface area contributed by atoms with Gasteiger partial charge in [0.25, 0.3) is 0 Å². The molecule has 8 unspecified atom stereocenters. The van der Waals surface area contributed by atoms with Crippen LogP contribution in [0.15, 0.2) is 0 Å². The molecule has 0 bridgehead atoms. The lowest BCUT2D eigenvalue weighted by molar-refractivity contribution is -0.282. The minimum Gasteiger partial charge on any atom is -0.481 e. The quantitative estimate of drug-likeness (QED) is 0.607. The number of carboxylic acid groups (broad SMARTS) is 1. The fourth-order valence-electron chi connectivity index (χ4n) is 10.3. The highest BCUT2D eigenvalue weighted by Crippen LogP contribution is 2.80. The Balaban J connectivity index is 1.69. The lowest BCUT2D eigenvalue weighted by Gasteiger charge is -2.73. The van der Waals surface area contributed by atoms with Gasteiger partial charge in [-0.2, -0.15) is 0 Å². The molecule has 0 aromatic heterocycles. The lowest BCUT2D eigenvalue weighted by atomic mass is 9.30. The van der Waals surface area contributed by atoms with E-state index >= 15 is 0 Å². The van der Waals surface area contributed by atoms with Crippen LogP contribution in [0, 0.1) is 44.8 Å². The second kappa shape index (κ2) is 5.77. The second-order valence-electron chi connectivity index (χ2n) is 12.2. The highest BCUT2D eigenvalue weighted by molar-refractivity contribution is 5.77. The van der Waals surface area contributed by atoms with Crippen molar-refractivity contribution in [2.45, 2.75) is 91.9 Å². The van der Waals surface area contributed by atoms with Crippen molar-refractivity contribution in [1.29, 1.82) is 0 Å². The number of hydrogen-bond donors (Lipinski definition) is 1. The smallest absolute Gasteiger partial charge is 0.310 e. The molecule has 0 aromatic carbocycles. The van der Waals surface area contributed by atoms with Crippen molar-refractivity contribution in [3.05, 3.63) is 0 Å². The molecule has 5 fully saturated rings. The van der Waals surface area contributed by atoms with Crippen LogP contribution in [-0.4, -0.2) is 24.3 Å². The average Bonchev–Trinajstić information content (AvgIpc) is 3.04. The van der Waals surface area contributed by atoms with Gasteiger partial charge in [0.05, 0.1) is 12.0 Å². The number of aliphatic carboxylic acids is 1. The Hall–Kier alpha value is -0.570. The van der Waals surface area contributed by atoms with Gasteiger partial charge >= 0.3 is 5.97 Å². The maximum Gasteiger partial charge on any atom is 0.310 e. The summed E-state index contributed by atoms with van der Waals surface area (Å²) < 4.78 is 6.24. The molecule has 3 heteroatoms. The van der Waals surface area contributed by atoms with E-state index in [0.29, 0.717) is 17.3 Å². The molecule has 5 rings (SSSR count). The first-order valence-corrected chi connectivity index (χ1v) is 12.0. The van der Waals surface area contributed by atoms with Crippen LogP contribution in [0.25, 0.3) is 0 Å². The number of hydrogen-bond acceptors (Lipinski definition) is 2. The van der Waals surface area contributed by atoms with Crippen LogP contribution >= 0.6 is 0 Å². The van der Waals surface area contributed by atoms with Crippen molar-refractivity contribution in [3.63, 3.8) is 0 Å². The minimum atomic E-state index is -0.561. The van der Waals surface area contributed by atoms with Crippen molar-refractivity contribution >= 4 is 5.97 Å². The number of ether oxygens (including phenoxy) is 1. The minimum absolute atomic E-state index is 0.0918. The molecule has 0 radical (unpaired) electrons. The summed E-state index contributed by atoms with van der Waals surface area (Å²) >= 11 is 0. The molecule has 1 N–H and O–H groups in total. The second-order valence-corrected chi connectivity index (χ2v) is 12.2. The normalized spacial score (nSPS) is 58.2. The van der Waals surface area contributed by atoms with Gasteiger partial charge in [-0.1, -0.05) is 40.5 Å². The van der Waals surface area contributed by atoms with E-state index in [-0.39, 0.29) is 16.2 Å². The Labute approximate surface area is 171 Å². The summed E-state index contributed by atoms with van der Waals surface area (Å²) in [4.78, 5) is 13.3. The van der Waals surface area contributed by atoms with E-state index < -0.39 is 11.4 Å². The first kappa shape index (κ1) is 19.4. The molecule has 158 valence electrons. The average molecular weight is 389 g/mol. The maximum absolute atomic E-state index is 13.3. The fraction of sp³-hybridized carbons (Fsp3) is 0.960. The lowest BCUT2D eigenvalue weighted by Crippen LogP contribution is -2.72. The summed E-state index contributed by atoms with van der Waals surface area (Å²) in [6.45, 7) is 11.3. The van der Waals surface area contributed by atoms with Crippen molar-refractivity contribution < 1.29 is 14.6 Å². The van der Waals surface area contributed by atoms with E-state index in [2.05, 4.69) is 27.7 Å². The Bertz CT molecular complexity index is 689. The zero-order valence-electron chi connectivity index (χ0n) is 18.5. The first-order chi connectivity index (χ1) is 13.2. The molecule has 28 heavy (non-hydrogen) atoms. The molecular weight excluding hydrogens is 348 g/mol. The van der Waals surface area contributed by atoms with Crippen molar-refractivity contribution in [1.82, 2.24) is 0 Å². The highest BCUT2D eigenvalue weighted by Gasteiger charge is 2.77. The van der Waals surface area contributed by atoms with Crippen LogP contribution in [0.5, 0.6) is 0 Å².